The lowest BCUT2D eigenvalue weighted by Crippen LogP contribution is -2.37. The molecule has 1 aliphatic rings. The minimum absolute atomic E-state index is 0.00566. The van der Waals surface area contributed by atoms with Crippen LogP contribution >= 0.6 is 11.6 Å². The van der Waals surface area contributed by atoms with E-state index in [1.165, 1.54) is 11.6 Å². The van der Waals surface area contributed by atoms with Crippen LogP contribution in [0.15, 0.2) is 55.1 Å². The highest BCUT2D eigenvalue weighted by atomic mass is 35.5. The second-order valence-electron chi connectivity index (χ2n) is 5.72. The van der Waals surface area contributed by atoms with Gasteiger partial charge in [-0.15, -0.1) is 0 Å². The van der Waals surface area contributed by atoms with Gasteiger partial charge in [0.1, 0.15) is 0 Å². The van der Waals surface area contributed by atoms with E-state index in [0.29, 0.717) is 18.1 Å². The lowest BCUT2D eigenvalue weighted by Gasteiger charge is -2.35. The molecule has 0 unspecified atom stereocenters. The molecule has 1 atom stereocenters. The standard InChI is InChI=1S/C19H18ClNO2/c1-2-19(23)21-10-15-9-13(12-22)3-8-17(15)18(11-21)14-4-6-16(20)7-5-14/h2-9,18,22H,1,10-12H2/t18-/m1/s1. The average molecular weight is 328 g/mol. The minimum Gasteiger partial charge on any atom is -0.392 e. The van der Waals surface area contributed by atoms with E-state index in [0.717, 1.165) is 16.7 Å². The van der Waals surface area contributed by atoms with Crippen molar-refractivity contribution in [1.82, 2.24) is 4.90 Å². The molecule has 0 saturated carbocycles. The van der Waals surface area contributed by atoms with Crippen LogP contribution < -0.4 is 0 Å². The van der Waals surface area contributed by atoms with E-state index in [-0.39, 0.29) is 18.4 Å². The minimum atomic E-state index is -0.0796. The Hall–Kier alpha value is -2.10. The molecule has 0 saturated heterocycles. The van der Waals surface area contributed by atoms with Gasteiger partial charge < -0.3 is 10.0 Å². The van der Waals surface area contributed by atoms with E-state index in [9.17, 15) is 9.90 Å². The quantitative estimate of drug-likeness (QED) is 0.877. The maximum Gasteiger partial charge on any atom is 0.246 e. The van der Waals surface area contributed by atoms with E-state index in [1.807, 2.05) is 36.4 Å². The summed E-state index contributed by atoms with van der Waals surface area (Å²) in [5, 5.41) is 10.1. The Kier molecular flexibility index (Phi) is 4.51. The number of hydrogen-bond donors (Lipinski definition) is 1. The summed E-state index contributed by atoms with van der Waals surface area (Å²) in [6, 6.07) is 13.7. The number of rotatable bonds is 3. The fraction of sp³-hybridized carbons (Fsp3) is 0.211. The van der Waals surface area contributed by atoms with Crippen LogP contribution in [0.4, 0.5) is 0 Å². The molecule has 0 aromatic heterocycles. The number of carbonyl (C=O) groups is 1. The second-order valence-corrected chi connectivity index (χ2v) is 6.15. The smallest absolute Gasteiger partial charge is 0.246 e. The molecule has 0 spiro atoms. The van der Waals surface area contributed by atoms with Crippen molar-refractivity contribution in [3.8, 4) is 0 Å². The van der Waals surface area contributed by atoms with Gasteiger partial charge in [-0.3, -0.25) is 4.79 Å². The molecular weight excluding hydrogens is 310 g/mol. The van der Waals surface area contributed by atoms with Crippen molar-refractivity contribution in [1.29, 1.82) is 0 Å². The van der Waals surface area contributed by atoms with Gasteiger partial charge in [-0.1, -0.05) is 48.5 Å². The first-order valence-corrected chi connectivity index (χ1v) is 7.89. The lowest BCUT2D eigenvalue weighted by molar-refractivity contribution is -0.127. The maximum absolute atomic E-state index is 12.1. The zero-order valence-electron chi connectivity index (χ0n) is 12.7. The molecule has 0 bridgehead atoms. The highest BCUT2D eigenvalue weighted by molar-refractivity contribution is 6.30. The molecule has 0 aliphatic carbocycles. The Balaban J connectivity index is 2.05. The molecule has 2 aromatic rings. The van der Waals surface area contributed by atoms with Crippen LogP contribution in [-0.4, -0.2) is 22.5 Å². The molecule has 1 heterocycles. The topological polar surface area (TPSA) is 40.5 Å². The average Bonchev–Trinajstić information content (AvgIpc) is 2.60. The number of hydrogen-bond acceptors (Lipinski definition) is 2. The van der Waals surface area contributed by atoms with Gasteiger partial charge in [0.25, 0.3) is 0 Å². The Morgan fingerprint density at radius 2 is 2.04 bits per heavy atom. The summed E-state index contributed by atoms with van der Waals surface area (Å²) in [6.07, 6.45) is 1.35. The first-order valence-electron chi connectivity index (χ1n) is 7.51. The number of aliphatic hydroxyl groups excluding tert-OH is 1. The van der Waals surface area contributed by atoms with E-state index >= 15 is 0 Å². The van der Waals surface area contributed by atoms with Crippen LogP contribution in [0, 0.1) is 0 Å². The molecule has 1 N–H and O–H groups in total. The van der Waals surface area contributed by atoms with E-state index in [4.69, 9.17) is 11.6 Å². The molecule has 3 nitrogen and oxygen atoms in total. The largest absolute Gasteiger partial charge is 0.392 e. The van der Waals surface area contributed by atoms with Crippen LogP contribution in [0.25, 0.3) is 0 Å². The summed E-state index contributed by atoms with van der Waals surface area (Å²) in [7, 11) is 0. The maximum atomic E-state index is 12.1. The molecule has 2 aromatic carbocycles. The van der Waals surface area contributed by atoms with Crippen molar-refractivity contribution in [3.63, 3.8) is 0 Å². The van der Waals surface area contributed by atoms with E-state index < -0.39 is 0 Å². The third-order valence-corrected chi connectivity index (χ3v) is 4.54. The number of benzene rings is 2. The Morgan fingerprint density at radius 3 is 2.70 bits per heavy atom. The van der Waals surface area contributed by atoms with Gasteiger partial charge in [-0.05, 0) is 40.5 Å². The normalized spacial score (nSPS) is 16.8. The molecular formula is C19H18ClNO2. The Labute approximate surface area is 140 Å². The van der Waals surface area contributed by atoms with Gasteiger partial charge >= 0.3 is 0 Å². The van der Waals surface area contributed by atoms with Gasteiger partial charge in [-0.25, -0.2) is 0 Å². The number of fused-ring (bicyclic) bond motifs is 1. The van der Waals surface area contributed by atoms with Crippen molar-refractivity contribution < 1.29 is 9.90 Å². The Morgan fingerprint density at radius 1 is 1.30 bits per heavy atom. The van der Waals surface area contributed by atoms with Crippen molar-refractivity contribution in [3.05, 3.63) is 82.4 Å². The summed E-state index contributed by atoms with van der Waals surface area (Å²) in [4.78, 5) is 13.9. The molecule has 3 rings (SSSR count). The lowest BCUT2D eigenvalue weighted by atomic mass is 9.84. The zero-order chi connectivity index (χ0) is 16.4. The van der Waals surface area contributed by atoms with Crippen molar-refractivity contribution in [2.75, 3.05) is 6.54 Å². The predicted molar refractivity (Wildman–Crippen MR) is 91.3 cm³/mol. The molecule has 4 heteroatoms. The fourth-order valence-corrected chi connectivity index (χ4v) is 3.23. The summed E-state index contributed by atoms with van der Waals surface area (Å²) < 4.78 is 0. The summed E-state index contributed by atoms with van der Waals surface area (Å²) in [6.45, 7) is 4.73. The third kappa shape index (κ3) is 3.16. The molecule has 1 aliphatic heterocycles. The summed E-state index contributed by atoms with van der Waals surface area (Å²) in [5.74, 6) is 0.0108. The third-order valence-electron chi connectivity index (χ3n) is 4.29. The molecule has 0 radical (unpaired) electrons. The monoisotopic (exact) mass is 327 g/mol. The van der Waals surface area contributed by atoms with Crippen LogP contribution in [0.5, 0.6) is 0 Å². The molecule has 1 amide bonds. The van der Waals surface area contributed by atoms with Gasteiger partial charge in [0.05, 0.1) is 6.61 Å². The van der Waals surface area contributed by atoms with Crippen molar-refractivity contribution in [2.45, 2.75) is 19.1 Å². The van der Waals surface area contributed by atoms with Crippen LogP contribution in [0.3, 0.4) is 0 Å². The second kappa shape index (κ2) is 6.57. The SMILES string of the molecule is C=CC(=O)N1Cc2cc(CO)ccc2[C@@H](c2ccc(Cl)cc2)C1. The highest BCUT2D eigenvalue weighted by Gasteiger charge is 2.28. The van der Waals surface area contributed by atoms with Crippen molar-refractivity contribution in [2.24, 2.45) is 0 Å². The van der Waals surface area contributed by atoms with E-state index in [1.54, 1.807) is 4.90 Å². The van der Waals surface area contributed by atoms with Crippen molar-refractivity contribution >= 4 is 17.5 Å². The van der Waals surface area contributed by atoms with E-state index in [2.05, 4.69) is 12.6 Å². The fourth-order valence-electron chi connectivity index (χ4n) is 3.10. The molecule has 118 valence electrons. The zero-order valence-corrected chi connectivity index (χ0v) is 13.5. The number of carbonyl (C=O) groups excluding carboxylic acids is 1. The molecule has 0 fully saturated rings. The summed E-state index contributed by atoms with van der Waals surface area (Å²) >= 11 is 5.99. The Bertz CT molecular complexity index is 740. The predicted octanol–water partition coefficient (Wildman–Crippen LogP) is 3.49. The number of amides is 1. The van der Waals surface area contributed by atoms with Crippen LogP contribution in [0.2, 0.25) is 5.02 Å². The van der Waals surface area contributed by atoms with Crippen LogP contribution in [0.1, 0.15) is 28.2 Å². The highest BCUT2D eigenvalue weighted by Crippen LogP contribution is 2.34. The first kappa shape index (κ1) is 15.8. The number of halogens is 1. The van der Waals surface area contributed by atoms with Crippen LogP contribution in [-0.2, 0) is 17.9 Å². The first-order chi connectivity index (χ1) is 11.1. The molecule has 23 heavy (non-hydrogen) atoms. The number of nitrogens with zero attached hydrogens (tertiary/aromatic N) is 1. The van der Waals surface area contributed by atoms with Gasteiger partial charge in [-0.2, -0.15) is 0 Å². The van der Waals surface area contributed by atoms with Gasteiger partial charge in [0, 0.05) is 24.0 Å². The van der Waals surface area contributed by atoms with Gasteiger partial charge in [0.15, 0.2) is 0 Å². The summed E-state index contributed by atoms with van der Waals surface area (Å²) in [5.41, 5.74) is 4.23. The van der Waals surface area contributed by atoms with Gasteiger partial charge in [0.2, 0.25) is 5.91 Å². The number of aliphatic hydroxyl groups is 1.